The molecule has 5 fully saturated rings. The lowest BCUT2D eigenvalue weighted by atomic mass is 9.60. The molecule has 0 aromatic rings. The van der Waals surface area contributed by atoms with Crippen molar-refractivity contribution < 1.29 is 41.0 Å². The fourth-order valence-corrected chi connectivity index (χ4v) is 6.32. The smallest absolute Gasteiger partial charge is 0.368 e. The van der Waals surface area contributed by atoms with E-state index < -0.39 is 53.0 Å². The van der Waals surface area contributed by atoms with Crippen LogP contribution in [0.1, 0.15) is 64.2 Å². The molecule has 1 aliphatic heterocycles. The number of hydrogen-bond donors (Lipinski definition) is 3. The molecule has 212 valence electrons. The summed E-state index contributed by atoms with van der Waals surface area (Å²) < 4.78 is 78.4. The number of alkyl halides is 6. The van der Waals surface area contributed by atoms with Crippen LogP contribution in [0.4, 0.5) is 22.0 Å². The van der Waals surface area contributed by atoms with Gasteiger partial charge >= 0.3 is 6.18 Å². The highest BCUT2D eigenvalue weighted by Gasteiger charge is 2.56. The summed E-state index contributed by atoms with van der Waals surface area (Å²) in [6.45, 7) is -0.604. The average Bonchev–Trinajstić information content (AvgIpc) is 2.84. The Bertz CT molecular complexity index is 819. The first-order valence-electron chi connectivity index (χ1n) is 13.0. The highest BCUT2D eigenvalue weighted by molar-refractivity contribution is 6.21. The standard InChI is InChI=1S/C24H35ClF5N3O4/c25-16-3-1-14(9-17(16)26)36-12-20(34)32-22-5-7-23(8-6-22,18(27)10-22)33-21(35)13-37-15-2-4-19(31-11-15)24(28,29)30/h14-19,31H,1-13H2,(H,32,34)(H,33,35)/t14?,15?,16?,17?,18-,19?,22?,23?/m1/s1. The monoisotopic (exact) mass is 559 g/mol. The van der Waals surface area contributed by atoms with Gasteiger partial charge in [-0.1, -0.05) is 0 Å². The van der Waals surface area contributed by atoms with Crippen molar-refractivity contribution in [3.05, 3.63) is 0 Å². The van der Waals surface area contributed by atoms with Crippen molar-refractivity contribution in [2.75, 3.05) is 19.8 Å². The van der Waals surface area contributed by atoms with Crippen LogP contribution in [-0.4, -0.2) is 84.8 Å². The molecule has 5 rings (SSSR count). The molecule has 6 atom stereocenters. The van der Waals surface area contributed by atoms with Gasteiger partial charge in [-0.2, -0.15) is 13.2 Å². The summed E-state index contributed by atoms with van der Waals surface area (Å²) in [5.74, 6) is -0.887. The third-order valence-electron chi connectivity index (χ3n) is 8.37. The average molecular weight is 560 g/mol. The van der Waals surface area contributed by atoms with Crippen LogP contribution in [0.3, 0.4) is 0 Å². The summed E-state index contributed by atoms with van der Waals surface area (Å²) in [5.41, 5.74) is -1.77. The van der Waals surface area contributed by atoms with Crippen LogP contribution in [0.15, 0.2) is 0 Å². The van der Waals surface area contributed by atoms with E-state index in [1.807, 2.05) is 0 Å². The fraction of sp³-hybridized carbons (Fsp3) is 0.917. The van der Waals surface area contributed by atoms with Gasteiger partial charge in [0.05, 0.1) is 23.1 Å². The quantitative estimate of drug-likeness (QED) is 0.314. The summed E-state index contributed by atoms with van der Waals surface area (Å²) in [5, 5.41) is 7.54. The molecule has 2 amide bonds. The van der Waals surface area contributed by atoms with E-state index in [4.69, 9.17) is 21.1 Å². The minimum Gasteiger partial charge on any atom is -0.368 e. The number of carbonyl (C=O) groups excluding carboxylic acids is 2. The summed E-state index contributed by atoms with van der Waals surface area (Å²) in [7, 11) is 0. The maximum Gasteiger partial charge on any atom is 0.403 e. The third-order valence-corrected chi connectivity index (χ3v) is 8.86. The van der Waals surface area contributed by atoms with E-state index in [9.17, 15) is 27.2 Å². The zero-order valence-electron chi connectivity index (χ0n) is 20.6. The van der Waals surface area contributed by atoms with Gasteiger partial charge in [0.1, 0.15) is 31.6 Å². The first-order valence-corrected chi connectivity index (χ1v) is 13.4. The van der Waals surface area contributed by atoms with Crippen LogP contribution < -0.4 is 16.0 Å². The maximum atomic E-state index is 15.3. The summed E-state index contributed by atoms with van der Waals surface area (Å²) in [6, 6.07) is -1.57. The molecule has 0 aromatic heterocycles. The van der Waals surface area contributed by atoms with Crippen molar-refractivity contribution in [1.29, 1.82) is 0 Å². The van der Waals surface area contributed by atoms with E-state index in [-0.39, 0.29) is 57.5 Å². The maximum absolute atomic E-state index is 15.3. The first-order chi connectivity index (χ1) is 17.4. The number of piperidine rings is 1. The third kappa shape index (κ3) is 7.05. The Labute approximate surface area is 217 Å². The summed E-state index contributed by atoms with van der Waals surface area (Å²) in [6.07, 6.45) is -4.81. The highest BCUT2D eigenvalue weighted by Crippen LogP contribution is 2.48. The molecule has 1 heterocycles. The molecular weight excluding hydrogens is 525 g/mol. The number of ether oxygens (including phenoxy) is 2. The van der Waals surface area contributed by atoms with Gasteiger partial charge in [-0.15, -0.1) is 11.6 Å². The fourth-order valence-electron chi connectivity index (χ4n) is 6.09. The predicted octanol–water partition coefficient (Wildman–Crippen LogP) is 3.23. The molecule has 0 spiro atoms. The molecule has 0 aromatic carbocycles. The Balaban J connectivity index is 1.18. The summed E-state index contributed by atoms with van der Waals surface area (Å²) in [4.78, 5) is 25.0. The van der Waals surface area contributed by atoms with Crippen LogP contribution in [0.5, 0.6) is 0 Å². The predicted molar refractivity (Wildman–Crippen MR) is 125 cm³/mol. The van der Waals surface area contributed by atoms with Crippen molar-refractivity contribution in [3.63, 3.8) is 0 Å². The van der Waals surface area contributed by atoms with Crippen molar-refractivity contribution in [1.82, 2.24) is 16.0 Å². The lowest BCUT2D eigenvalue weighted by Gasteiger charge is -2.55. The largest absolute Gasteiger partial charge is 0.403 e. The Kier molecular flexibility index (Phi) is 8.92. The van der Waals surface area contributed by atoms with Crippen LogP contribution in [0.2, 0.25) is 0 Å². The summed E-state index contributed by atoms with van der Waals surface area (Å²) >= 11 is 5.88. The lowest BCUT2D eigenvalue weighted by molar-refractivity contribution is -0.166. The van der Waals surface area contributed by atoms with Gasteiger partial charge in [0.2, 0.25) is 11.8 Å². The molecular formula is C24H35ClF5N3O4. The van der Waals surface area contributed by atoms with Gasteiger partial charge < -0.3 is 25.4 Å². The Hall–Kier alpha value is -1.24. The van der Waals surface area contributed by atoms with Gasteiger partial charge in [-0.3, -0.25) is 9.59 Å². The van der Waals surface area contributed by atoms with Crippen molar-refractivity contribution in [2.24, 2.45) is 0 Å². The number of hydrogen-bond acceptors (Lipinski definition) is 5. The number of nitrogens with one attached hydrogen (secondary N) is 3. The molecule has 37 heavy (non-hydrogen) atoms. The van der Waals surface area contributed by atoms with Crippen LogP contribution in [-0.2, 0) is 19.1 Å². The van der Waals surface area contributed by atoms with Gasteiger partial charge in [0, 0.05) is 24.9 Å². The Morgan fingerprint density at radius 2 is 1.54 bits per heavy atom. The normalized spacial score (nSPS) is 40.3. The van der Waals surface area contributed by atoms with E-state index in [0.717, 1.165) is 0 Å². The van der Waals surface area contributed by atoms with Crippen molar-refractivity contribution in [3.8, 4) is 0 Å². The molecule has 4 saturated carbocycles. The van der Waals surface area contributed by atoms with Crippen LogP contribution >= 0.6 is 11.6 Å². The van der Waals surface area contributed by atoms with Crippen LogP contribution in [0.25, 0.3) is 0 Å². The van der Waals surface area contributed by atoms with Gasteiger partial charge in [-0.05, 0) is 51.4 Å². The zero-order chi connectivity index (χ0) is 26.8. The van der Waals surface area contributed by atoms with E-state index in [1.54, 1.807) is 0 Å². The van der Waals surface area contributed by atoms with E-state index in [0.29, 0.717) is 38.5 Å². The topological polar surface area (TPSA) is 88.7 Å². The number of carbonyl (C=O) groups is 2. The molecule has 5 aliphatic rings. The molecule has 3 N–H and O–H groups in total. The molecule has 13 heteroatoms. The Morgan fingerprint density at radius 3 is 2.11 bits per heavy atom. The molecule has 2 bridgehead atoms. The zero-order valence-corrected chi connectivity index (χ0v) is 21.3. The number of amides is 2. The van der Waals surface area contributed by atoms with Crippen LogP contribution in [0, 0.1) is 0 Å². The minimum atomic E-state index is -4.32. The first kappa shape index (κ1) is 28.8. The number of fused-ring (bicyclic) bond motifs is 3. The van der Waals surface area contributed by atoms with Crippen molar-refractivity contribution >= 4 is 23.4 Å². The second-order valence-corrected chi connectivity index (χ2v) is 11.6. The molecule has 5 unspecified atom stereocenters. The second-order valence-electron chi connectivity index (χ2n) is 11.0. The van der Waals surface area contributed by atoms with Gasteiger partial charge in [-0.25, -0.2) is 8.78 Å². The lowest BCUT2D eigenvalue weighted by Crippen LogP contribution is -2.69. The molecule has 4 aliphatic carbocycles. The van der Waals surface area contributed by atoms with Gasteiger partial charge in [0.25, 0.3) is 0 Å². The van der Waals surface area contributed by atoms with E-state index >= 15 is 4.39 Å². The number of halogens is 6. The minimum absolute atomic E-state index is 0.0113. The molecule has 1 saturated heterocycles. The molecule has 0 radical (unpaired) electrons. The molecule has 7 nitrogen and oxygen atoms in total. The van der Waals surface area contributed by atoms with E-state index in [2.05, 4.69) is 16.0 Å². The Morgan fingerprint density at radius 1 is 0.919 bits per heavy atom. The van der Waals surface area contributed by atoms with Crippen molar-refractivity contribution in [2.45, 2.75) is 117 Å². The second kappa shape index (κ2) is 11.5. The SMILES string of the molecule is O=C(COC1CCC(Cl)C(F)C1)NC12CCC(NC(=O)COC3CCC(C(F)(F)F)NC3)(CC1)[C@H](F)C2. The highest BCUT2D eigenvalue weighted by atomic mass is 35.5. The van der Waals surface area contributed by atoms with Gasteiger partial charge in [0.15, 0.2) is 0 Å². The van der Waals surface area contributed by atoms with E-state index in [1.165, 1.54) is 0 Å². The number of rotatable bonds is 8.